The summed E-state index contributed by atoms with van der Waals surface area (Å²) in [5.41, 5.74) is 0. The number of hydrogen-bond donors (Lipinski definition) is 2. The van der Waals surface area contributed by atoms with Gasteiger partial charge in [0.1, 0.15) is 0 Å². The predicted molar refractivity (Wildman–Crippen MR) is 59.1 cm³/mol. The lowest BCUT2D eigenvalue weighted by atomic mass is 10.0. The van der Waals surface area contributed by atoms with Crippen molar-refractivity contribution in [2.75, 3.05) is 6.54 Å². The largest absolute Gasteiger partial charge is 0.481 e. The molecule has 0 aromatic carbocycles. The van der Waals surface area contributed by atoms with Crippen LogP contribution in [0.25, 0.3) is 0 Å². The van der Waals surface area contributed by atoms with E-state index in [0.29, 0.717) is 6.42 Å². The molecule has 1 saturated heterocycles. The third-order valence-corrected chi connectivity index (χ3v) is 4.61. The van der Waals surface area contributed by atoms with Crippen LogP contribution in [0.3, 0.4) is 0 Å². The summed E-state index contributed by atoms with van der Waals surface area (Å²) >= 11 is 0. The minimum absolute atomic E-state index is 0.193. The molecule has 0 spiro atoms. The van der Waals surface area contributed by atoms with Crippen LogP contribution in [0.5, 0.6) is 0 Å². The van der Waals surface area contributed by atoms with Gasteiger partial charge in [0.25, 0.3) is 10.2 Å². The van der Waals surface area contributed by atoms with Gasteiger partial charge in [-0.1, -0.05) is 0 Å². The van der Waals surface area contributed by atoms with E-state index in [1.165, 1.54) is 4.31 Å². The van der Waals surface area contributed by atoms with Gasteiger partial charge in [0.05, 0.1) is 5.92 Å². The van der Waals surface area contributed by atoms with Crippen LogP contribution in [0.1, 0.15) is 27.2 Å². The summed E-state index contributed by atoms with van der Waals surface area (Å²) in [5, 5.41) is 8.91. The third kappa shape index (κ3) is 2.72. The second-order valence-corrected chi connectivity index (χ2v) is 6.02. The molecular weight excluding hydrogens is 232 g/mol. The van der Waals surface area contributed by atoms with Gasteiger partial charge in [-0.2, -0.15) is 17.4 Å². The highest BCUT2D eigenvalue weighted by Gasteiger charge is 2.41. The van der Waals surface area contributed by atoms with E-state index in [2.05, 4.69) is 4.72 Å². The highest BCUT2D eigenvalue weighted by Crippen LogP contribution is 2.26. The standard InChI is InChI=1S/C9H18N2O4S/c1-6(2)10-16(14,15)11-5-4-8(7(11)3)9(12)13/h6-8,10H,4-5H2,1-3H3,(H,12,13). The van der Waals surface area contributed by atoms with Gasteiger partial charge in [0.15, 0.2) is 0 Å². The first-order valence-corrected chi connectivity index (χ1v) is 6.71. The Kier molecular flexibility index (Phi) is 3.92. The Bertz CT molecular complexity index is 366. The molecule has 0 amide bonds. The normalized spacial score (nSPS) is 27.5. The van der Waals surface area contributed by atoms with E-state index in [1.807, 2.05) is 0 Å². The van der Waals surface area contributed by atoms with Crippen LogP contribution in [0, 0.1) is 5.92 Å². The molecule has 0 aromatic heterocycles. The van der Waals surface area contributed by atoms with Gasteiger partial charge in [-0.3, -0.25) is 4.79 Å². The predicted octanol–water partition coefficient (Wildman–Crippen LogP) is 0.0242. The number of nitrogens with zero attached hydrogens (tertiary/aromatic N) is 1. The van der Waals surface area contributed by atoms with E-state index in [-0.39, 0.29) is 12.6 Å². The van der Waals surface area contributed by atoms with Crippen molar-refractivity contribution in [2.24, 2.45) is 5.92 Å². The zero-order chi connectivity index (χ0) is 12.5. The average Bonchev–Trinajstić information content (AvgIpc) is 2.44. The van der Waals surface area contributed by atoms with Crippen molar-refractivity contribution < 1.29 is 18.3 Å². The van der Waals surface area contributed by atoms with Gasteiger partial charge in [0, 0.05) is 18.6 Å². The molecule has 1 heterocycles. The third-order valence-electron chi connectivity index (χ3n) is 2.71. The van der Waals surface area contributed by atoms with Crippen molar-refractivity contribution in [3.63, 3.8) is 0 Å². The van der Waals surface area contributed by atoms with Crippen LogP contribution < -0.4 is 4.72 Å². The van der Waals surface area contributed by atoms with Gasteiger partial charge in [0.2, 0.25) is 0 Å². The fourth-order valence-corrected chi connectivity index (χ4v) is 3.61. The highest BCUT2D eigenvalue weighted by atomic mass is 32.2. The summed E-state index contributed by atoms with van der Waals surface area (Å²) in [4.78, 5) is 10.9. The summed E-state index contributed by atoms with van der Waals surface area (Å²) in [5.74, 6) is -1.54. The summed E-state index contributed by atoms with van der Waals surface area (Å²) in [6, 6.07) is -0.685. The van der Waals surface area contributed by atoms with E-state index < -0.39 is 28.1 Å². The molecule has 0 aromatic rings. The highest BCUT2D eigenvalue weighted by molar-refractivity contribution is 7.87. The molecule has 7 heteroatoms. The van der Waals surface area contributed by atoms with Crippen LogP contribution in [0.2, 0.25) is 0 Å². The molecule has 0 bridgehead atoms. The van der Waals surface area contributed by atoms with Gasteiger partial charge in [-0.25, -0.2) is 0 Å². The van der Waals surface area contributed by atoms with Crippen LogP contribution in [-0.4, -0.2) is 42.4 Å². The van der Waals surface area contributed by atoms with Crippen molar-refractivity contribution in [2.45, 2.75) is 39.3 Å². The maximum absolute atomic E-state index is 11.8. The van der Waals surface area contributed by atoms with Gasteiger partial charge < -0.3 is 5.11 Å². The zero-order valence-corrected chi connectivity index (χ0v) is 10.5. The van der Waals surface area contributed by atoms with E-state index in [1.54, 1.807) is 20.8 Å². The molecule has 0 radical (unpaired) electrons. The molecule has 2 atom stereocenters. The molecule has 16 heavy (non-hydrogen) atoms. The Labute approximate surface area is 95.8 Å². The molecular formula is C9H18N2O4S. The Balaban J connectivity index is 2.81. The van der Waals surface area contributed by atoms with E-state index >= 15 is 0 Å². The second kappa shape index (κ2) is 4.68. The molecule has 0 saturated carbocycles. The Morgan fingerprint density at radius 3 is 2.44 bits per heavy atom. The molecule has 2 unspecified atom stereocenters. The minimum atomic E-state index is -3.55. The van der Waals surface area contributed by atoms with Crippen LogP contribution >= 0.6 is 0 Å². The van der Waals surface area contributed by atoms with E-state index in [0.717, 1.165) is 0 Å². The lowest BCUT2D eigenvalue weighted by Gasteiger charge is -2.24. The summed E-state index contributed by atoms with van der Waals surface area (Å²) < 4.78 is 27.4. The number of carbonyl (C=O) groups is 1. The molecule has 2 N–H and O–H groups in total. The summed E-state index contributed by atoms with van der Waals surface area (Å²) in [6.07, 6.45) is 0.371. The number of aliphatic carboxylic acids is 1. The molecule has 6 nitrogen and oxygen atoms in total. The topological polar surface area (TPSA) is 86.7 Å². The average molecular weight is 250 g/mol. The fraction of sp³-hybridized carbons (Fsp3) is 0.889. The number of carboxylic acid groups (broad SMARTS) is 1. The Hall–Kier alpha value is -0.660. The van der Waals surface area contributed by atoms with Gasteiger partial charge in [-0.15, -0.1) is 0 Å². The lowest BCUT2D eigenvalue weighted by Crippen LogP contribution is -2.46. The SMILES string of the molecule is CC(C)NS(=O)(=O)N1CCC(C(=O)O)C1C. The first-order chi connectivity index (χ1) is 7.25. The Morgan fingerprint density at radius 2 is 2.06 bits per heavy atom. The maximum Gasteiger partial charge on any atom is 0.308 e. The molecule has 1 rings (SSSR count). The van der Waals surface area contributed by atoms with Crippen molar-refractivity contribution in [3.8, 4) is 0 Å². The molecule has 94 valence electrons. The fourth-order valence-electron chi connectivity index (χ4n) is 1.95. The summed E-state index contributed by atoms with van der Waals surface area (Å²) in [7, 11) is -3.55. The van der Waals surface area contributed by atoms with Crippen molar-refractivity contribution >= 4 is 16.2 Å². The quantitative estimate of drug-likeness (QED) is 0.736. The number of hydrogen-bond acceptors (Lipinski definition) is 3. The second-order valence-electron chi connectivity index (χ2n) is 4.36. The zero-order valence-electron chi connectivity index (χ0n) is 9.67. The summed E-state index contributed by atoms with van der Waals surface area (Å²) in [6.45, 7) is 5.35. The smallest absolute Gasteiger partial charge is 0.308 e. The Morgan fingerprint density at radius 1 is 1.50 bits per heavy atom. The maximum atomic E-state index is 11.8. The van der Waals surface area contributed by atoms with Crippen molar-refractivity contribution in [1.82, 2.24) is 9.03 Å². The van der Waals surface area contributed by atoms with Gasteiger partial charge in [-0.05, 0) is 27.2 Å². The van der Waals surface area contributed by atoms with E-state index in [9.17, 15) is 13.2 Å². The molecule has 1 aliphatic rings. The van der Waals surface area contributed by atoms with Crippen molar-refractivity contribution in [3.05, 3.63) is 0 Å². The lowest BCUT2D eigenvalue weighted by molar-refractivity contribution is -0.142. The van der Waals surface area contributed by atoms with E-state index in [4.69, 9.17) is 5.11 Å². The number of carboxylic acids is 1. The van der Waals surface area contributed by atoms with Crippen LogP contribution in [0.15, 0.2) is 0 Å². The van der Waals surface area contributed by atoms with Crippen molar-refractivity contribution in [1.29, 1.82) is 0 Å². The first kappa shape index (κ1) is 13.4. The molecule has 0 aliphatic carbocycles. The van der Waals surface area contributed by atoms with Crippen LogP contribution in [-0.2, 0) is 15.0 Å². The first-order valence-electron chi connectivity index (χ1n) is 5.27. The monoisotopic (exact) mass is 250 g/mol. The molecule has 1 fully saturated rings. The minimum Gasteiger partial charge on any atom is -0.481 e. The number of nitrogens with one attached hydrogen (secondary N) is 1. The molecule has 1 aliphatic heterocycles. The number of rotatable bonds is 4. The van der Waals surface area contributed by atoms with Crippen LogP contribution in [0.4, 0.5) is 0 Å². The van der Waals surface area contributed by atoms with Gasteiger partial charge >= 0.3 is 5.97 Å².